The first-order valence-electron chi connectivity index (χ1n) is 7.18. The lowest BCUT2D eigenvalue weighted by Crippen LogP contribution is -2.10. The third-order valence-electron chi connectivity index (χ3n) is 3.22. The summed E-state index contributed by atoms with van der Waals surface area (Å²) in [6, 6.07) is 2.17. The van der Waals surface area contributed by atoms with Crippen molar-refractivity contribution >= 4 is 43.2 Å². The summed E-state index contributed by atoms with van der Waals surface area (Å²) in [5.41, 5.74) is 1.34. The monoisotopic (exact) mass is 410 g/mol. The van der Waals surface area contributed by atoms with Gasteiger partial charge in [-0.05, 0) is 63.3 Å². The van der Waals surface area contributed by atoms with Gasteiger partial charge in [-0.15, -0.1) is 11.3 Å². The second kappa shape index (κ2) is 10.4. The van der Waals surface area contributed by atoms with Crippen LogP contribution in [0, 0.1) is 0 Å². The quantitative estimate of drug-likeness (QED) is 0.395. The normalized spacial score (nSPS) is 12.8. The highest BCUT2D eigenvalue weighted by molar-refractivity contribution is 9.12. The molecule has 0 bridgehead atoms. The van der Waals surface area contributed by atoms with Crippen LogP contribution in [0.15, 0.2) is 13.6 Å². The first kappa shape index (κ1) is 17.7. The molecule has 19 heavy (non-hydrogen) atoms. The molecule has 0 aliphatic rings. The standard InChI is InChI=1S/C15H24Br2OS/c1-3-4-5-6-7-8-12(2)18-10-9-13-11-14(16)19-15(13)17/h11-12H,3-10H2,1-2H3/t12-/m1/s1. The minimum Gasteiger partial charge on any atom is -0.378 e. The second-order valence-corrected chi connectivity index (χ2v) is 8.73. The molecule has 0 N–H and O–H groups in total. The van der Waals surface area contributed by atoms with Crippen molar-refractivity contribution in [2.24, 2.45) is 0 Å². The number of halogens is 2. The van der Waals surface area contributed by atoms with E-state index < -0.39 is 0 Å². The van der Waals surface area contributed by atoms with Crippen LogP contribution in [-0.4, -0.2) is 12.7 Å². The fraction of sp³-hybridized carbons (Fsp3) is 0.733. The Hall–Kier alpha value is 0.620. The average Bonchev–Trinajstić information content (AvgIpc) is 2.68. The lowest BCUT2D eigenvalue weighted by Gasteiger charge is -2.12. The Labute approximate surface area is 138 Å². The number of thiophene rings is 1. The summed E-state index contributed by atoms with van der Waals surface area (Å²) < 4.78 is 8.28. The molecule has 1 nitrogen and oxygen atoms in total. The summed E-state index contributed by atoms with van der Waals surface area (Å²) >= 11 is 8.82. The van der Waals surface area contributed by atoms with Gasteiger partial charge in [-0.1, -0.05) is 39.0 Å². The predicted molar refractivity (Wildman–Crippen MR) is 92.2 cm³/mol. The molecule has 0 fully saturated rings. The Morgan fingerprint density at radius 2 is 1.95 bits per heavy atom. The molecule has 1 aromatic heterocycles. The molecule has 0 saturated heterocycles. The van der Waals surface area contributed by atoms with Gasteiger partial charge in [-0.2, -0.15) is 0 Å². The van der Waals surface area contributed by atoms with E-state index in [-0.39, 0.29) is 0 Å². The van der Waals surface area contributed by atoms with Crippen molar-refractivity contribution in [3.63, 3.8) is 0 Å². The maximum Gasteiger partial charge on any atom is 0.0743 e. The first-order valence-corrected chi connectivity index (χ1v) is 9.59. The van der Waals surface area contributed by atoms with E-state index in [2.05, 4.69) is 51.8 Å². The summed E-state index contributed by atoms with van der Waals surface area (Å²) in [5.74, 6) is 0. The van der Waals surface area contributed by atoms with Gasteiger partial charge >= 0.3 is 0 Å². The van der Waals surface area contributed by atoms with Crippen LogP contribution in [0.5, 0.6) is 0 Å². The van der Waals surface area contributed by atoms with E-state index in [1.165, 1.54) is 51.7 Å². The molecule has 0 radical (unpaired) electrons. The molecular weight excluding hydrogens is 388 g/mol. The minimum absolute atomic E-state index is 0.391. The molecule has 0 saturated carbocycles. The Morgan fingerprint density at radius 3 is 2.58 bits per heavy atom. The molecule has 0 aliphatic heterocycles. The van der Waals surface area contributed by atoms with Gasteiger partial charge in [0.05, 0.1) is 20.3 Å². The smallest absolute Gasteiger partial charge is 0.0743 e. The largest absolute Gasteiger partial charge is 0.378 e. The highest BCUT2D eigenvalue weighted by atomic mass is 79.9. The number of rotatable bonds is 10. The third-order valence-corrected chi connectivity index (χ3v) is 5.68. The number of unbranched alkanes of at least 4 members (excludes halogenated alkanes) is 4. The molecule has 1 atom stereocenters. The van der Waals surface area contributed by atoms with Crippen LogP contribution in [0.3, 0.4) is 0 Å². The lowest BCUT2D eigenvalue weighted by atomic mass is 10.1. The molecule has 0 aromatic carbocycles. The van der Waals surface area contributed by atoms with E-state index in [0.717, 1.165) is 13.0 Å². The zero-order chi connectivity index (χ0) is 14.1. The highest BCUT2D eigenvalue weighted by Crippen LogP contribution is 2.32. The van der Waals surface area contributed by atoms with E-state index >= 15 is 0 Å². The van der Waals surface area contributed by atoms with Gasteiger partial charge in [-0.25, -0.2) is 0 Å². The summed E-state index contributed by atoms with van der Waals surface area (Å²) in [7, 11) is 0. The Balaban J connectivity index is 2.07. The van der Waals surface area contributed by atoms with Gasteiger partial charge in [0, 0.05) is 0 Å². The van der Waals surface area contributed by atoms with E-state index in [1.54, 1.807) is 11.3 Å². The molecule has 0 aliphatic carbocycles. The maximum absolute atomic E-state index is 5.89. The van der Waals surface area contributed by atoms with Crippen molar-refractivity contribution in [2.45, 2.75) is 64.9 Å². The molecule has 1 heterocycles. The zero-order valence-electron chi connectivity index (χ0n) is 11.9. The third kappa shape index (κ3) is 7.84. The maximum atomic E-state index is 5.89. The van der Waals surface area contributed by atoms with Gasteiger partial charge < -0.3 is 4.74 Å². The second-order valence-electron chi connectivity index (χ2n) is 4.98. The number of ether oxygens (including phenoxy) is 1. The Bertz CT molecular complexity index is 352. The molecule has 0 amide bonds. The lowest BCUT2D eigenvalue weighted by molar-refractivity contribution is 0.0606. The Morgan fingerprint density at radius 1 is 1.21 bits per heavy atom. The molecule has 1 rings (SSSR count). The van der Waals surface area contributed by atoms with Crippen LogP contribution in [0.25, 0.3) is 0 Å². The molecular formula is C15H24Br2OS. The summed E-state index contributed by atoms with van der Waals surface area (Å²) in [4.78, 5) is 0. The predicted octanol–water partition coefficient (Wildman–Crippen LogP) is 6.58. The van der Waals surface area contributed by atoms with Crippen molar-refractivity contribution in [1.29, 1.82) is 0 Å². The van der Waals surface area contributed by atoms with Gasteiger partial charge in [0.2, 0.25) is 0 Å². The van der Waals surface area contributed by atoms with Crippen molar-refractivity contribution in [3.8, 4) is 0 Å². The van der Waals surface area contributed by atoms with Crippen molar-refractivity contribution in [2.75, 3.05) is 6.61 Å². The highest BCUT2D eigenvalue weighted by Gasteiger charge is 2.07. The first-order chi connectivity index (χ1) is 9.13. The molecule has 0 unspecified atom stereocenters. The summed E-state index contributed by atoms with van der Waals surface area (Å²) in [5, 5.41) is 0. The minimum atomic E-state index is 0.391. The zero-order valence-corrected chi connectivity index (χ0v) is 15.9. The fourth-order valence-electron chi connectivity index (χ4n) is 2.03. The van der Waals surface area contributed by atoms with Gasteiger partial charge in [-0.3, -0.25) is 0 Å². The Kier molecular flexibility index (Phi) is 9.64. The summed E-state index contributed by atoms with van der Waals surface area (Å²) in [6.45, 7) is 5.27. The topological polar surface area (TPSA) is 9.23 Å². The van der Waals surface area contributed by atoms with Crippen molar-refractivity contribution in [1.82, 2.24) is 0 Å². The van der Waals surface area contributed by atoms with E-state index in [0.29, 0.717) is 6.10 Å². The average molecular weight is 412 g/mol. The number of hydrogen-bond donors (Lipinski definition) is 0. The van der Waals surface area contributed by atoms with Crippen LogP contribution >= 0.6 is 43.2 Å². The van der Waals surface area contributed by atoms with E-state index in [9.17, 15) is 0 Å². The van der Waals surface area contributed by atoms with Gasteiger partial charge in [0.1, 0.15) is 0 Å². The number of hydrogen-bond acceptors (Lipinski definition) is 2. The van der Waals surface area contributed by atoms with E-state index in [1.807, 2.05) is 0 Å². The van der Waals surface area contributed by atoms with Crippen LogP contribution in [0.1, 0.15) is 57.9 Å². The molecule has 1 aromatic rings. The fourth-order valence-corrected chi connectivity index (χ4v) is 4.95. The van der Waals surface area contributed by atoms with Crippen LogP contribution in [0.2, 0.25) is 0 Å². The molecule has 4 heteroatoms. The van der Waals surface area contributed by atoms with Gasteiger partial charge in [0.15, 0.2) is 0 Å². The molecule has 0 spiro atoms. The van der Waals surface area contributed by atoms with Crippen LogP contribution in [0.4, 0.5) is 0 Å². The SMILES string of the molecule is CCCCCCC[C@@H](C)OCCc1cc(Br)sc1Br. The van der Waals surface area contributed by atoms with Crippen LogP contribution < -0.4 is 0 Å². The van der Waals surface area contributed by atoms with Crippen molar-refractivity contribution < 1.29 is 4.74 Å². The summed E-state index contributed by atoms with van der Waals surface area (Å²) in [6.07, 6.45) is 9.29. The van der Waals surface area contributed by atoms with Gasteiger partial charge in [0.25, 0.3) is 0 Å². The van der Waals surface area contributed by atoms with Crippen molar-refractivity contribution in [3.05, 3.63) is 19.2 Å². The molecule has 110 valence electrons. The van der Waals surface area contributed by atoms with Crippen LogP contribution in [-0.2, 0) is 11.2 Å². The van der Waals surface area contributed by atoms with E-state index in [4.69, 9.17) is 4.74 Å².